The van der Waals surface area contributed by atoms with Crippen molar-refractivity contribution in [3.05, 3.63) is 48.2 Å². The molecule has 0 saturated carbocycles. The van der Waals surface area contributed by atoms with E-state index in [1.54, 1.807) is 6.26 Å². The van der Waals surface area contributed by atoms with Crippen LogP contribution in [0.1, 0.15) is 32.0 Å². The molecular weight excluding hydrogens is 222 g/mol. The summed E-state index contributed by atoms with van der Waals surface area (Å²) < 4.78 is 7.51. The summed E-state index contributed by atoms with van der Waals surface area (Å²) >= 11 is 0. The van der Waals surface area contributed by atoms with Crippen LogP contribution in [0.2, 0.25) is 0 Å². The third kappa shape index (κ3) is 3.52. The number of hydrogen-bond acceptors (Lipinski definition) is 1. The number of nitrogens with zero attached hydrogens (tertiary/aromatic N) is 1. The first kappa shape index (κ1) is 13.0. The Balaban J connectivity index is 1.94. The van der Waals surface area contributed by atoms with Crippen molar-refractivity contribution < 1.29 is 4.42 Å². The fourth-order valence-electron chi connectivity index (χ4n) is 2.44. The van der Waals surface area contributed by atoms with Crippen LogP contribution in [0, 0.1) is 11.8 Å². The van der Waals surface area contributed by atoms with E-state index in [2.05, 4.69) is 49.7 Å². The molecule has 98 valence electrons. The predicted molar refractivity (Wildman–Crippen MR) is 74.6 cm³/mol. The van der Waals surface area contributed by atoms with E-state index in [1.165, 1.54) is 11.3 Å². The Morgan fingerprint density at radius 2 is 2.00 bits per heavy atom. The lowest BCUT2D eigenvalue weighted by atomic mass is 10.0. The van der Waals surface area contributed by atoms with Crippen molar-refractivity contribution in [3.63, 3.8) is 0 Å². The molecule has 2 aromatic rings. The quantitative estimate of drug-likeness (QED) is 0.747. The summed E-state index contributed by atoms with van der Waals surface area (Å²) in [5.41, 5.74) is 2.74. The Kier molecular flexibility index (Phi) is 4.29. The summed E-state index contributed by atoms with van der Waals surface area (Å²) in [6.45, 7) is 7.92. The first-order valence-corrected chi connectivity index (χ1v) is 6.80. The largest absolute Gasteiger partial charge is 0.472 e. The van der Waals surface area contributed by atoms with Gasteiger partial charge in [0.25, 0.3) is 0 Å². The molecule has 18 heavy (non-hydrogen) atoms. The van der Waals surface area contributed by atoms with Gasteiger partial charge in [0.1, 0.15) is 0 Å². The minimum absolute atomic E-state index is 0.626. The summed E-state index contributed by atoms with van der Waals surface area (Å²) in [7, 11) is 0. The van der Waals surface area contributed by atoms with Gasteiger partial charge in [0, 0.05) is 18.4 Å². The highest BCUT2D eigenvalue weighted by Gasteiger charge is 2.09. The number of aromatic nitrogens is 1. The van der Waals surface area contributed by atoms with Crippen molar-refractivity contribution in [1.82, 2.24) is 4.57 Å². The zero-order valence-corrected chi connectivity index (χ0v) is 11.6. The highest BCUT2D eigenvalue weighted by molar-refractivity contribution is 5.09. The standard InChI is InChI=1S/C16H23NO/c1-13(2)9-16-5-4-7-17(16)11-14(3)10-15-6-8-18-12-15/h4-8,12-14H,9-11H2,1-3H3. The van der Waals surface area contributed by atoms with Gasteiger partial charge >= 0.3 is 0 Å². The lowest BCUT2D eigenvalue weighted by Gasteiger charge is -2.15. The third-order valence-corrected chi connectivity index (χ3v) is 3.21. The van der Waals surface area contributed by atoms with Gasteiger partial charge in [-0.15, -0.1) is 0 Å². The predicted octanol–water partition coefficient (Wildman–Crippen LogP) is 4.16. The van der Waals surface area contributed by atoms with Crippen molar-refractivity contribution in [2.24, 2.45) is 11.8 Å². The first-order valence-electron chi connectivity index (χ1n) is 6.80. The van der Waals surface area contributed by atoms with Gasteiger partial charge in [-0.05, 0) is 48.4 Å². The summed E-state index contributed by atoms with van der Waals surface area (Å²) in [6, 6.07) is 6.45. The average Bonchev–Trinajstić information content (AvgIpc) is 2.91. The van der Waals surface area contributed by atoms with Gasteiger partial charge in [-0.3, -0.25) is 0 Å². The van der Waals surface area contributed by atoms with Gasteiger partial charge in [0.15, 0.2) is 0 Å². The fourth-order valence-corrected chi connectivity index (χ4v) is 2.44. The molecule has 1 unspecified atom stereocenters. The van der Waals surface area contributed by atoms with Crippen LogP contribution in [0.3, 0.4) is 0 Å². The van der Waals surface area contributed by atoms with Crippen LogP contribution >= 0.6 is 0 Å². The average molecular weight is 245 g/mol. The van der Waals surface area contributed by atoms with E-state index >= 15 is 0 Å². The molecule has 0 saturated heterocycles. The molecule has 0 aliphatic rings. The Labute approximate surface area is 110 Å². The molecule has 0 fully saturated rings. The number of hydrogen-bond donors (Lipinski definition) is 0. The summed E-state index contributed by atoms with van der Waals surface area (Å²) in [4.78, 5) is 0. The molecule has 0 spiro atoms. The van der Waals surface area contributed by atoms with E-state index in [0.717, 1.165) is 19.4 Å². The van der Waals surface area contributed by atoms with E-state index in [9.17, 15) is 0 Å². The highest BCUT2D eigenvalue weighted by atomic mass is 16.3. The minimum atomic E-state index is 0.626. The van der Waals surface area contributed by atoms with E-state index in [0.29, 0.717) is 11.8 Å². The van der Waals surface area contributed by atoms with Crippen LogP contribution in [0.5, 0.6) is 0 Å². The van der Waals surface area contributed by atoms with E-state index in [-0.39, 0.29) is 0 Å². The normalized spacial score (nSPS) is 13.1. The molecule has 2 nitrogen and oxygen atoms in total. The Morgan fingerprint density at radius 1 is 1.17 bits per heavy atom. The SMILES string of the molecule is CC(C)Cc1cccn1CC(C)Cc1ccoc1. The van der Waals surface area contributed by atoms with Gasteiger partial charge in [0.2, 0.25) is 0 Å². The second-order valence-electron chi connectivity index (χ2n) is 5.69. The van der Waals surface area contributed by atoms with Crippen molar-refractivity contribution >= 4 is 0 Å². The Bertz CT molecular complexity index is 453. The van der Waals surface area contributed by atoms with E-state index in [1.807, 2.05) is 6.26 Å². The molecule has 0 aliphatic heterocycles. The smallest absolute Gasteiger partial charge is 0.0934 e. The second kappa shape index (κ2) is 5.94. The van der Waals surface area contributed by atoms with Crippen LogP contribution in [0.4, 0.5) is 0 Å². The molecule has 0 aromatic carbocycles. The van der Waals surface area contributed by atoms with Crippen molar-refractivity contribution in [3.8, 4) is 0 Å². The lowest BCUT2D eigenvalue weighted by molar-refractivity contribution is 0.459. The first-order chi connectivity index (χ1) is 8.65. The maximum Gasteiger partial charge on any atom is 0.0934 e. The zero-order valence-electron chi connectivity index (χ0n) is 11.6. The van der Waals surface area contributed by atoms with Crippen LogP contribution in [0.15, 0.2) is 41.3 Å². The molecule has 2 heteroatoms. The fraction of sp³-hybridized carbons (Fsp3) is 0.500. The molecule has 0 N–H and O–H groups in total. The molecule has 0 aliphatic carbocycles. The molecule has 1 atom stereocenters. The van der Waals surface area contributed by atoms with Crippen molar-refractivity contribution in [2.75, 3.05) is 0 Å². The van der Waals surface area contributed by atoms with Crippen LogP contribution < -0.4 is 0 Å². The van der Waals surface area contributed by atoms with Crippen LogP contribution in [-0.4, -0.2) is 4.57 Å². The Hall–Kier alpha value is -1.44. The van der Waals surface area contributed by atoms with E-state index < -0.39 is 0 Å². The zero-order chi connectivity index (χ0) is 13.0. The third-order valence-electron chi connectivity index (χ3n) is 3.21. The minimum Gasteiger partial charge on any atom is -0.472 e. The van der Waals surface area contributed by atoms with Crippen LogP contribution in [-0.2, 0) is 19.4 Å². The molecule has 2 rings (SSSR count). The lowest BCUT2D eigenvalue weighted by Crippen LogP contribution is -2.12. The summed E-state index contributed by atoms with van der Waals surface area (Å²) in [6.07, 6.45) is 8.04. The number of rotatable bonds is 6. The summed E-state index contributed by atoms with van der Waals surface area (Å²) in [5.74, 6) is 1.34. The molecule has 2 heterocycles. The summed E-state index contributed by atoms with van der Waals surface area (Å²) in [5, 5.41) is 0. The van der Waals surface area contributed by atoms with Crippen molar-refractivity contribution in [1.29, 1.82) is 0 Å². The van der Waals surface area contributed by atoms with Gasteiger partial charge in [-0.25, -0.2) is 0 Å². The van der Waals surface area contributed by atoms with Gasteiger partial charge in [0.05, 0.1) is 12.5 Å². The number of furan rings is 1. The van der Waals surface area contributed by atoms with Crippen LogP contribution in [0.25, 0.3) is 0 Å². The van der Waals surface area contributed by atoms with E-state index in [4.69, 9.17) is 4.42 Å². The molecule has 2 aromatic heterocycles. The highest BCUT2D eigenvalue weighted by Crippen LogP contribution is 2.15. The van der Waals surface area contributed by atoms with Gasteiger partial charge in [-0.2, -0.15) is 0 Å². The maximum atomic E-state index is 5.12. The molecule has 0 bridgehead atoms. The van der Waals surface area contributed by atoms with Crippen molar-refractivity contribution in [2.45, 2.75) is 40.2 Å². The molecule has 0 radical (unpaired) electrons. The maximum absolute atomic E-state index is 5.12. The molecular formula is C16H23NO. The topological polar surface area (TPSA) is 18.1 Å². The van der Waals surface area contributed by atoms with Gasteiger partial charge < -0.3 is 8.98 Å². The monoisotopic (exact) mass is 245 g/mol. The molecule has 0 amide bonds. The second-order valence-corrected chi connectivity index (χ2v) is 5.69. The Morgan fingerprint density at radius 3 is 2.67 bits per heavy atom. The van der Waals surface area contributed by atoms with Gasteiger partial charge in [-0.1, -0.05) is 20.8 Å².